The summed E-state index contributed by atoms with van der Waals surface area (Å²) in [6.45, 7) is 2.13. The van der Waals surface area contributed by atoms with Gasteiger partial charge in [-0.2, -0.15) is 4.37 Å². The average molecular weight is 267 g/mol. The Hall–Kier alpha value is -1.47. The first-order valence-corrected chi connectivity index (χ1v) is 6.46. The lowest BCUT2D eigenvalue weighted by Gasteiger charge is -2.01. The highest BCUT2D eigenvalue weighted by Gasteiger charge is 2.07. The molecule has 0 amide bonds. The van der Waals surface area contributed by atoms with Gasteiger partial charge in [0.15, 0.2) is 4.34 Å². The summed E-state index contributed by atoms with van der Waals surface area (Å²) in [5, 5.41) is 0.773. The zero-order valence-electron chi connectivity index (χ0n) is 8.99. The van der Waals surface area contributed by atoms with Crippen LogP contribution in [0, 0.1) is 0 Å². The van der Waals surface area contributed by atoms with Crippen molar-refractivity contribution in [3.05, 3.63) is 30.2 Å². The van der Waals surface area contributed by atoms with Crippen LogP contribution in [0.5, 0.6) is 0 Å². The lowest BCUT2D eigenvalue weighted by atomic mass is 10.3. The highest BCUT2D eigenvalue weighted by molar-refractivity contribution is 8.00. The fourth-order valence-corrected chi connectivity index (χ4v) is 2.41. The number of carbonyl (C=O) groups excluding carboxylic acids is 1. The molecule has 2 rings (SSSR count). The molecule has 2 aromatic rings. The molecule has 5 nitrogen and oxygen atoms in total. The summed E-state index contributed by atoms with van der Waals surface area (Å²) in [5.74, 6) is -0.354. The SMILES string of the molecule is CCOC(=O)c1ccc(Sc2ncns2)nc1. The third kappa shape index (κ3) is 3.24. The van der Waals surface area contributed by atoms with Crippen molar-refractivity contribution in [3.8, 4) is 0 Å². The van der Waals surface area contributed by atoms with Crippen LogP contribution in [0.25, 0.3) is 0 Å². The van der Waals surface area contributed by atoms with E-state index in [1.807, 2.05) is 0 Å². The average Bonchev–Trinajstić information content (AvgIpc) is 2.83. The molecule has 0 N–H and O–H groups in total. The number of rotatable bonds is 4. The molecule has 2 aromatic heterocycles. The molecule has 0 aliphatic heterocycles. The summed E-state index contributed by atoms with van der Waals surface area (Å²) < 4.78 is 9.58. The third-order valence-electron chi connectivity index (χ3n) is 1.78. The van der Waals surface area contributed by atoms with E-state index in [1.54, 1.807) is 19.1 Å². The van der Waals surface area contributed by atoms with Crippen LogP contribution in [0.15, 0.2) is 34.0 Å². The van der Waals surface area contributed by atoms with Gasteiger partial charge in [-0.25, -0.2) is 14.8 Å². The zero-order chi connectivity index (χ0) is 12.1. The first-order chi connectivity index (χ1) is 8.29. The largest absolute Gasteiger partial charge is 0.462 e. The van der Waals surface area contributed by atoms with Crippen LogP contribution in [-0.4, -0.2) is 26.9 Å². The van der Waals surface area contributed by atoms with Crippen LogP contribution >= 0.6 is 23.3 Å². The minimum Gasteiger partial charge on any atom is -0.462 e. The lowest BCUT2D eigenvalue weighted by Crippen LogP contribution is -2.04. The monoisotopic (exact) mass is 267 g/mol. The summed E-state index contributed by atoms with van der Waals surface area (Å²) in [4.78, 5) is 19.6. The fourth-order valence-electron chi connectivity index (χ4n) is 1.07. The maximum Gasteiger partial charge on any atom is 0.339 e. The van der Waals surface area contributed by atoms with Gasteiger partial charge < -0.3 is 4.74 Å². The van der Waals surface area contributed by atoms with E-state index in [1.165, 1.54) is 35.8 Å². The summed E-state index contributed by atoms with van der Waals surface area (Å²) in [7, 11) is 0. The Bertz CT molecular complexity index is 485. The third-order valence-corrected chi connectivity index (χ3v) is 3.45. The van der Waals surface area contributed by atoms with Gasteiger partial charge >= 0.3 is 5.97 Å². The predicted octanol–water partition coefficient (Wildman–Crippen LogP) is 2.26. The van der Waals surface area contributed by atoms with E-state index < -0.39 is 0 Å². The number of pyridine rings is 1. The molecule has 0 atom stereocenters. The summed E-state index contributed by atoms with van der Waals surface area (Å²) in [6.07, 6.45) is 3.00. The number of aromatic nitrogens is 3. The quantitative estimate of drug-likeness (QED) is 0.792. The van der Waals surface area contributed by atoms with Gasteiger partial charge in [-0.1, -0.05) is 0 Å². The molecular weight excluding hydrogens is 258 g/mol. The number of ether oxygens (including phenoxy) is 1. The molecule has 0 saturated heterocycles. The molecule has 0 bridgehead atoms. The van der Waals surface area contributed by atoms with Crippen LogP contribution in [0.2, 0.25) is 0 Å². The molecule has 88 valence electrons. The van der Waals surface area contributed by atoms with Crippen LogP contribution < -0.4 is 0 Å². The highest BCUT2D eigenvalue weighted by atomic mass is 32.2. The topological polar surface area (TPSA) is 65.0 Å². The Morgan fingerprint density at radius 2 is 2.35 bits per heavy atom. The zero-order valence-corrected chi connectivity index (χ0v) is 10.6. The normalized spacial score (nSPS) is 10.2. The van der Waals surface area contributed by atoms with Crippen LogP contribution in [0.3, 0.4) is 0 Å². The van der Waals surface area contributed by atoms with Crippen molar-refractivity contribution < 1.29 is 9.53 Å². The Morgan fingerprint density at radius 1 is 1.47 bits per heavy atom. The Labute approximate surface area is 106 Å². The number of hydrogen-bond donors (Lipinski definition) is 0. The second kappa shape index (κ2) is 5.74. The lowest BCUT2D eigenvalue weighted by molar-refractivity contribution is 0.0525. The second-order valence-corrected chi connectivity index (χ2v) is 4.96. The van der Waals surface area contributed by atoms with E-state index in [9.17, 15) is 4.79 Å². The molecule has 0 saturated carbocycles. The first-order valence-electron chi connectivity index (χ1n) is 4.87. The van der Waals surface area contributed by atoms with Gasteiger partial charge in [-0.3, -0.25) is 0 Å². The second-order valence-electron chi connectivity index (χ2n) is 2.91. The molecule has 0 radical (unpaired) electrons. The van der Waals surface area contributed by atoms with Crippen molar-refractivity contribution in [1.82, 2.24) is 14.3 Å². The van der Waals surface area contributed by atoms with Crippen molar-refractivity contribution in [3.63, 3.8) is 0 Å². The van der Waals surface area contributed by atoms with Gasteiger partial charge in [0.2, 0.25) is 0 Å². The summed E-state index contributed by atoms with van der Waals surface area (Å²) in [6, 6.07) is 3.45. The van der Waals surface area contributed by atoms with Crippen LogP contribution in [-0.2, 0) is 4.74 Å². The number of nitrogens with zero attached hydrogens (tertiary/aromatic N) is 3. The van der Waals surface area contributed by atoms with Crippen LogP contribution in [0.4, 0.5) is 0 Å². The molecule has 0 unspecified atom stereocenters. The Kier molecular flexibility index (Phi) is 4.05. The molecular formula is C10H9N3O2S2. The van der Waals surface area contributed by atoms with Gasteiger partial charge in [0.1, 0.15) is 11.4 Å². The predicted molar refractivity (Wildman–Crippen MR) is 64.2 cm³/mol. The van der Waals surface area contributed by atoms with Crippen molar-refractivity contribution >= 4 is 29.3 Å². The van der Waals surface area contributed by atoms with Crippen molar-refractivity contribution in [2.24, 2.45) is 0 Å². The van der Waals surface area contributed by atoms with E-state index in [0.29, 0.717) is 12.2 Å². The fraction of sp³-hybridized carbons (Fsp3) is 0.200. The maximum absolute atomic E-state index is 11.4. The van der Waals surface area contributed by atoms with E-state index in [0.717, 1.165) is 9.37 Å². The Morgan fingerprint density at radius 3 is 2.94 bits per heavy atom. The molecule has 7 heteroatoms. The number of hydrogen-bond acceptors (Lipinski definition) is 7. The minimum absolute atomic E-state index is 0.354. The van der Waals surface area contributed by atoms with Crippen molar-refractivity contribution in [2.45, 2.75) is 16.3 Å². The van der Waals surface area contributed by atoms with Gasteiger partial charge in [-0.15, -0.1) is 0 Å². The number of esters is 1. The number of carbonyl (C=O) groups is 1. The molecule has 2 heterocycles. The van der Waals surface area contributed by atoms with E-state index in [4.69, 9.17) is 4.74 Å². The molecule has 0 spiro atoms. The van der Waals surface area contributed by atoms with Gasteiger partial charge in [0.05, 0.1) is 12.2 Å². The Balaban J connectivity index is 2.05. The van der Waals surface area contributed by atoms with E-state index in [-0.39, 0.29) is 5.97 Å². The van der Waals surface area contributed by atoms with Crippen LogP contribution in [0.1, 0.15) is 17.3 Å². The molecule has 0 fully saturated rings. The summed E-state index contributed by atoms with van der Waals surface area (Å²) >= 11 is 2.72. The minimum atomic E-state index is -0.354. The smallest absolute Gasteiger partial charge is 0.339 e. The van der Waals surface area contributed by atoms with Crippen molar-refractivity contribution in [1.29, 1.82) is 0 Å². The van der Waals surface area contributed by atoms with Gasteiger partial charge in [0.25, 0.3) is 0 Å². The maximum atomic E-state index is 11.4. The first kappa shape index (κ1) is 12.0. The molecule has 17 heavy (non-hydrogen) atoms. The molecule has 0 aliphatic carbocycles. The summed E-state index contributed by atoms with van der Waals surface area (Å²) in [5.41, 5.74) is 0.452. The molecule has 0 aromatic carbocycles. The van der Waals surface area contributed by atoms with Crippen molar-refractivity contribution in [2.75, 3.05) is 6.61 Å². The molecule has 0 aliphatic rings. The van der Waals surface area contributed by atoms with E-state index >= 15 is 0 Å². The van der Waals surface area contributed by atoms with Gasteiger partial charge in [-0.05, 0) is 42.4 Å². The standard InChI is InChI=1S/C10H9N3O2S2/c1-2-15-9(14)7-3-4-8(11-5-7)16-10-12-6-13-17-10/h3-6H,2H2,1H3. The highest BCUT2D eigenvalue weighted by Crippen LogP contribution is 2.26. The van der Waals surface area contributed by atoms with E-state index in [2.05, 4.69) is 14.3 Å². The van der Waals surface area contributed by atoms with Gasteiger partial charge in [0, 0.05) is 6.20 Å².